The number of amides is 4. The number of nitrogens with zero attached hydrogens (tertiary/aromatic N) is 5. The van der Waals surface area contributed by atoms with Gasteiger partial charge in [0.1, 0.15) is 23.3 Å². The third kappa shape index (κ3) is 7.96. The summed E-state index contributed by atoms with van der Waals surface area (Å²) in [5.41, 5.74) is 5.00. The van der Waals surface area contributed by atoms with Crippen molar-refractivity contribution in [3.63, 3.8) is 0 Å². The summed E-state index contributed by atoms with van der Waals surface area (Å²) in [6, 6.07) is 13.3. The quantitative estimate of drug-likeness (QED) is 0.0978. The predicted octanol–water partition coefficient (Wildman–Crippen LogP) is 5.78. The number of nitrogens with one attached hydrogen (secondary N) is 4. The third-order valence-corrected chi connectivity index (χ3v) is 11.0. The minimum absolute atomic E-state index is 0.00665. The number of carbonyl (C=O) groups excluding carboxylic acids is 4. The molecule has 16 heteroatoms. The number of rotatable bonds is 11. The Morgan fingerprint density at radius 1 is 0.827 bits per heavy atom. The van der Waals surface area contributed by atoms with E-state index in [4.69, 9.17) is 16.6 Å². The molecule has 0 radical (unpaired) electrons. The first kappa shape index (κ1) is 36.5. The van der Waals surface area contributed by atoms with Gasteiger partial charge < -0.3 is 16.0 Å². The number of anilines is 2. The van der Waals surface area contributed by atoms with Gasteiger partial charge >= 0.3 is 0 Å². The van der Waals surface area contributed by atoms with Crippen molar-refractivity contribution in [1.82, 2.24) is 30.4 Å². The first-order valence-electron chi connectivity index (χ1n) is 16.4. The minimum atomic E-state index is -0.635. The number of aromatic nitrogens is 4. The zero-order valence-corrected chi connectivity index (χ0v) is 31.5. The lowest BCUT2D eigenvalue weighted by atomic mass is 9.99. The highest BCUT2D eigenvalue weighted by Crippen LogP contribution is 2.39. The Morgan fingerprint density at radius 2 is 1.54 bits per heavy atom. The lowest BCUT2D eigenvalue weighted by Crippen LogP contribution is -2.36. The number of hydrogen-bond donors (Lipinski definition) is 4. The molecule has 0 aliphatic carbocycles. The van der Waals surface area contributed by atoms with Gasteiger partial charge in [0.15, 0.2) is 11.0 Å². The highest BCUT2D eigenvalue weighted by molar-refractivity contribution is 7.16. The van der Waals surface area contributed by atoms with Crippen molar-refractivity contribution in [2.75, 3.05) is 23.7 Å². The molecule has 268 valence electrons. The molecule has 13 nitrogen and oxygen atoms in total. The van der Waals surface area contributed by atoms with Crippen LogP contribution >= 0.6 is 34.3 Å². The number of para-hydroxylation sites is 1. The van der Waals surface area contributed by atoms with Crippen LogP contribution < -0.4 is 21.3 Å². The maximum absolute atomic E-state index is 13.2. The predicted molar refractivity (Wildman–Crippen MR) is 203 cm³/mol. The van der Waals surface area contributed by atoms with E-state index in [0.717, 1.165) is 42.9 Å². The van der Waals surface area contributed by atoms with Crippen LogP contribution in [0.25, 0.3) is 5.00 Å². The van der Waals surface area contributed by atoms with Crippen LogP contribution in [0.5, 0.6) is 0 Å². The smallest absolute Gasteiger partial charge is 0.259 e. The topological polar surface area (TPSA) is 172 Å². The van der Waals surface area contributed by atoms with E-state index >= 15 is 0 Å². The maximum atomic E-state index is 13.2. The van der Waals surface area contributed by atoms with Crippen LogP contribution in [0.2, 0.25) is 5.02 Å². The van der Waals surface area contributed by atoms with Crippen molar-refractivity contribution in [2.45, 2.75) is 53.5 Å². The molecule has 5 aromatic rings. The molecule has 1 aliphatic heterocycles. The van der Waals surface area contributed by atoms with Crippen molar-refractivity contribution in [1.29, 1.82) is 0 Å². The number of aliphatic imine (C=N–C) groups is 1. The largest absolute Gasteiger partial charge is 0.354 e. The Balaban J connectivity index is 1.05. The Labute approximate surface area is 312 Å². The highest BCUT2D eigenvalue weighted by Gasteiger charge is 2.32. The van der Waals surface area contributed by atoms with Crippen LogP contribution in [-0.2, 0) is 14.4 Å². The number of fused-ring (bicyclic) bond motifs is 3. The molecule has 0 saturated carbocycles. The van der Waals surface area contributed by atoms with Crippen molar-refractivity contribution < 1.29 is 19.2 Å². The van der Waals surface area contributed by atoms with Crippen LogP contribution in [0.1, 0.15) is 73.0 Å². The summed E-state index contributed by atoms with van der Waals surface area (Å²) < 4.78 is 1.98. The molecule has 52 heavy (non-hydrogen) atoms. The number of aryl methyl sites for hydroxylation is 4. The lowest BCUT2D eigenvalue weighted by molar-refractivity contribution is -0.127. The van der Waals surface area contributed by atoms with Gasteiger partial charge in [-0.1, -0.05) is 35.9 Å². The Bertz CT molecular complexity index is 2200. The van der Waals surface area contributed by atoms with Crippen LogP contribution in [0.4, 0.5) is 10.8 Å². The van der Waals surface area contributed by atoms with Gasteiger partial charge in [-0.3, -0.25) is 34.1 Å². The highest BCUT2D eigenvalue weighted by atomic mass is 35.5. The summed E-state index contributed by atoms with van der Waals surface area (Å²) in [6.07, 6.45) is -0.482. The van der Waals surface area contributed by atoms with Gasteiger partial charge in [0.25, 0.3) is 5.91 Å². The number of benzene rings is 2. The normalized spacial score (nSPS) is 13.3. The fourth-order valence-electron chi connectivity index (χ4n) is 5.67. The van der Waals surface area contributed by atoms with E-state index < -0.39 is 30.2 Å². The molecule has 2 aromatic carbocycles. The summed E-state index contributed by atoms with van der Waals surface area (Å²) in [5, 5.41) is 21.7. The molecular weight excluding hydrogens is 722 g/mol. The van der Waals surface area contributed by atoms with Crippen molar-refractivity contribution in [3.05, 3.63) is 103 Å². The van der Waals surface area contributed by atoms with Gasteiger partial charge in [-0.05, 0) is 64.4 Å². The van der Waals surface area contributed by atoms with E-state index in [-0.39, 0.29) is 36.7 Å². The molecule has 0 bridgehead atoms. The van der Waals surface area contributed by atoms with E-state index in [1.54, 1.807) is 35.6 Å². The second kappa shape index (κ2) is 15.6. The first-order chi connectivity index (χ1) is 24.9. The average molecular weight is 758 g/mol. The minimum Gasteiger partial charge on any atom is -0.354 e. The Kier molecular flexibility index (Phi) is 10.9. The zero-order chi connectivity index (χ0) is 37.1. The van der Waals surface area contributed by atoms with Gasteiger partial charge in [-0.15, -0.1) is 32.9 Å². The number of carbonyl (C=O) groups is 4. The number of thiazole rings is 1. The number of halogens is 1. The number of thiophene rings is 1. The molecule has 4 amide bonds. The molecule has 4 heterocycles. The van der Waals surface area contributed by atoms with E-state index in [1.807, 2.05) is 49.6 Å². The fourth-order valence-corrected chi connectivity index (χ4v) is 7.82. The van der Waals surface area contributed by atoms with Crippen molar-refractivity contribution in [3.8, 4) is 5.00 Å². The van der Waals surface area contributed by atoms with Crippen LogP contribution in [0.15, 0.2) is 53.5 Å². The van der Waals surface area contributed by atoms with Gasteiger partial charge in [-0.2, -0.15) is 0 Å². The molecule has 0 spiro atoms. The maximum Gasteiger partial charge on any atom is 0.259 e. The van der Waals surface area contributed by atoms with E-state index in [0.29, 0.717) is 21.8 Å². The first-order valence-corrected chi connectivity index (χ1v) is 18.4. The molecule has 1 aliphatic rings. The molecule has 3 aromatic heterocycles. The summed E-state index contributed by atoms with van der Waals surface area (Å²) in [7, 11) is 0. The molecule has 1 unspecified atom stereocenters. The van der Waals surface area contributed by atoms with E-state index in [1.165, 1.54) is 11.3 Å². The second-order valence-electron chi connectivity index (χ2n) is 12.2. The Hall–Kier alpha value is -5.25. The van der Waals surface area contributed by atoms with Crippen molar-refractivity contribution >= 4 is 74.4 Å². The van der Waals surface area contributed by atoms with E-state index in [2.05, 4.69) is 50.3 Å². The van der Waals surface area contributed by atoms with E-state index in [9.17, 15) is 19.2 Å². The zero-order valence-electron chi connectivity index (χ0n) is 29.1. The Morgan fingerprint density at radius 3 is 2.25 bits per heavy atom. The van der Waals surface area contributed by atoms with Crippen LogP contribution in [-0.4, -0.2) is 62.2 Å². The SMILES string of the molecule is Cc1nc(NC(=O)c2ccccc2NC(=O)CC(=O)NCCNC(=O)CC2N=C(c3ccc(Cl)cc3)c3c(sc(C)c3C)-n3c(C)nnc32)sc1C. The molecule has 4 N–H and O–H groups in total. The fraction of sp³-hybridized carbons (Fsp3) is 0.278. The standard InChI is InChI=1S/C36H36ClN9O4S2/c1-18-20(3)51-35-31(18)32(23-10-12-24(37)13-11-23)42-27(33-45-44-22(5)46(33)35)16-28(47)38-14-15-39-29(48)17-30(49)41-26-9-7-6-8-25(26)34(50)43-36-40-19(2)21(4)52-36/h6-13,27H,14-17H2,1-5H3,(H,38,47)(H,39,48)(H,41,49)(H,40,43,50). The average Bonchev–Trinajstić information content (AvgIpc) is 3.71. The molecule has 6 rings (SSSR count). The van der Waals surface area contributed by atoms with Gasteiger partial charge in [0.2, 0.25) is 17.7 Å². The summed E-state index contributed by atoms with van der Waals surface area (Å²) in [5.74, 6) is -0.606. The summed E-state index contributed by atoms with van der Waals surface area (Å²) in [4.78, 5) is 63.0. The molecule has 0 saturated heterocycles. The second-order valence-corrected chi connectivity index (χ2v) is 15.0. The monoisotopic (exact) mass is 757 g/mol. The van der Waals surface area contributed by atoms with Gasteiger partial charge in [0.05, 0.1) is 29.1 Å². The van der Waals surface area contributed by atoms with Crippen LogP contribution in [0.3, 0.4) is 0 Å². The summed E-state index contributed by atoms with van der Waals surface area (Å²) >= 11 is 9.19. The lowest BCUT2D eigenvalue weighted by Gasteiger charge is -2.13. The van der Waals surface area contributed by atoms with Crippen molar-refractivity contribution in [2.24, 2.45) is 4.99 Å². The molecular formula is C36H36ClN9O4S2. The summed E-state index contributed by atoms with van der Waals surface area (Å²) in [6.45, 7) is 10.00. The number of hydrogen-bond acceptors (Lipinski definition) is 10. The third-order valence-electron chi connectivity index (χ3n) is 8.52. The molecule has 0 fully saturated rings. The van der Waals surface area contributed by atoms with Gasteiger partial charge in [0, 0.05) is 39.0 Å². The van der Waals surface area contributed by atoms with Crippen LogP contribution in [0, 0.1) is 34.6 Å². The van der Waals surface area contributed by atoms with Gasteiger partial charge in [-0.25, -0.2) is 4.98 Å². The molecule has 1 atom stereocenters.